The molecular weight excluding hydrogens is 321 g/mol. The van der Waals surface area contributed by atoms with Crippen molar-refractivity contribution in [1.82, 2.24) is 15.2 Å². The van der Waals surface area contributed by atoms with Crippen molar-refractivity contribution in [2.45, 2.75) is 17.3 Å². The molecule has 0 saturated carbocycles. The smallest absolute Gasteiger partial charge is 0.237 e. The number of aromatic amines is 1. The number of nitrogens with zero attached hydrogens (tertiary/aromatic N) is 2. The van der Waals surface area contributed by atoms with Gasteiger partial charge < -0.3 is 11.1 Å². The normalized spacial score (nSPS) is 12.2. The lowest BCUT2D eigenvalue weighted by atomic mass is 10.3. The van der Waals surface area contributed by atoms with E-state index in [1.165, 1.54) is 11.8 Å². The van der Waals surface area contributed by atoms with Crippen molar-refractivity contribution in [2.24, 2.45) is 0 Å². The molecule has 0 aliphatic carbocycles. The molecule has 0 fully saturated rings. The van der Waals surface area contributed by atoms with Crippen LogP contribution in [0.5, 0.6) is 0 Å². The van der Waals surface area contributed by atoms with E-state index in [1.807, 2.05) is 0 Å². The predicted molar refractivity (Wildman–Crippen MR) is 81.2 cm³/mol. The maximum atomic E-state index is 12.0. The fourth-order valence-electron chi connectivity index (χ4n) is 1.35. The molecule has 2 aromatic rings. The summed E-state index contributed by atoms with van der Waals surface area (Å²) >= 11 is 13.0. The molecule has 0 spiro atoms. The van der Waals surface area contributed by atoms with Crippen LogP contribution in [0.4, 0.5) is 11.6 Å². The molecule has 0 aliphatic rings. The molecule has 20 heavy (non-hydrogen) atoms. The Morgan fingerprint density at radius 1 is 1.50 bits per heavy atom. The number of carbonyl (C=O) groups is 1. The molecular formula is C11H11Cl2N5OS. The maximum absolute atomic E-state index is 12.0. The number of nitrogen functional groups attached to an aromatic ring is 1. The first-order chi connectivity index (χ1) is 9.45. The molecule has 1 atom stereocenters. The van der Waals surface area contributed by atoms with Gasteiger partial charge in [-0.25, -0.2) is 5.10 Å². The van der Waals surface area contributed by atoms with Crippen LogP contribution in [0, 0.1) is 0 Å². The third-order valence-corrected chi connectivity index (χ3v) is 3.83. The Morgan fingerprint density at radius 3 is 2.85 bits per heavy atom. The van der Waals surface area contributed by atoms with Crippen LogP contribution in [0.1, 0.15) is 6.92 Å². The Hall–Kier alpha value is -1.44. The zero-order valence-corrected chi connectivity index (χ0v) is 12.7. The van der Waals surface area contributed by atoms with E-state index in [-0.39, 0.29) is 11.9 Å². The van der Waals surface area contributed by atoms with E-state index in [0.29, 0.717) is 20.9 Å². The second-order valence-corrected chi connectivity index (χ2v) is 6.03. The van der Waals surface area contributed by atoms with Gasteiger partial charge in [0.2, 0.25) is 17.0 Å². The van der Waals surface area contributed by atoms with Crippen molar-refractivity contribution in [3.63, 3.8) is 0 Å². The molecule has 0 saturated heterocycles. The lowest BCUT2D eigenvalue weighted by molar-refractivity contribution is -0.115. The van der Waals surface area contributed by atoms with Gasteiger partial charge in [0.25, 0.3) is 0 Å². The molecule has 1 aromatic heterocycles. The monoisotopic (exact) mass is 331 g/mol. The minimum atomic E-state index is -0.406. The number of carbonyl (C=O) groups excluding carboxylic acids is 1. The number of halogens is 2. The van der Waals surface area contributed by atoms with Crippen LogP contribution in [0.15, 0.2) is 23.4 Å². The van der Waals surface area contributed by atoms with E-state index >= 15 is 0 Å². The number of thioether (sulfide) groups is 1. The fourth-order valence-corrected chi connectivity index (χ4v) is 2.54. The number of amides is 1. The Kier molecular flexibility index (Phi) is 4.74. The van der Waals surface area contributed by atoms with Crippen LogP contribution >= 0.6 is 35.0 Å². The summed E-state index contributed by atoms with van der Waals surface area (Å²) in [5, 5.41) is 9.97. The molecule has 0 bridgehead atoms. The Morgan fingerprint density at radius 2 is 2.25 bits per heavy atom. The van der Waals surface area contributed by atoms with Gasteiger partial charge >= 0.3 is 0 Å². The lowest BCUT2D eigenvalue weighted by Gasteiger charge is -2.11. The number of hydrogen-bond donors (Lipinski definition) is 3. The number of aromatic nitrogens is 3. The van der Waals surface area contributed by atoms with Gasteiger partial charge in [-0.05, 0) is 25.1 Å². The average Bonchev–Trinajstić information content (AvgIpc) is 2.78. The molecule has 9 heteroatoms. The van der Waals surface area contributed by atoms with Gasteiger partial charge in [-0.15, -0.1) is 5.10 Å². The van der Waals surface area contributed by atoms with E-state index < -0.39 is 5.25 Å². The standard InChI is InChI=1S/C11H11Cl2N5OS/c1-5(20-11-16-10(14)17-18-11)9(19)15-8-3-2-6(12)4-7(8)13/h2-5H,1H3,(H,15,19)(H3,14,16,17,18)/t5-/m0/s1. The summed E-state index contributed by atoms with van der Waals surface area (Å²) in [7, 11) is 0. The highest BCUT2D eigenvalue weighted by Gasteiger charge is 2.18. The van der Waals surface area contributed by atoms with Crippen molar-refractivity contribution in [1.29, 1.82) is 0 Å². The predicted octanol–water partition coefficient (Wildman–Crippen LogP) is 2.81. The topological polar surface area (TPSA) is 96.7 Å². The Balaban J connectivity index is 2.00. The summed E-state index contributed by atoms with van der Waals surface area (Å²) in [6.07, 6.45) is 0. The number of benzene rings is 1. The van der Waals surface area contributed by atoms with E-state index in [9.17, 15) is 4.79 Å². The highest BCUT2D eigenvalue weighted by atomic mass is 35.5. The van der Waals surface area contributed by atoms with Gasteiger partial charge in [0, 0.05) is 5.02 Å². The van der Waals surface area contributed by atoms with Crippen LogP contribution in [0.2, 0.25) is 10.0 Å². The van der Waals surface area contributed by atoms with Gasteiger partial charge in [-0.2, -0.15) is 4.98 Å². The van der Waals surface area contributed by atoms with E-state index in [1.54, 1.807) is 25.1 Å². The second kappa shape index (κ2) is 6.34. The van der Waals surface area contributed by atoms with Gasteiger partial charge in [-0.1, -0.05) is 35.0 Å². The first-order valence-corrected chi connectivity index (χ1v) is 7.19. The van der Waals surface area contributed by atoms with Crippen molar-refractivity contribution in [3.05, 3.63) is 28.2 Å². The molecule has 6 nitrogen and oxygen atoms in total. The molecule has 1 amide bonds. The third-order valence-electron chi connectivity index (χ3n) is 2.32. The first kappa shape index (κ1) is 15.0. The quantitative estimate of drug-likeness (QED) is 0.748. The molecule has 4 N–H and O–H groups in total. The van der Waals surface area contributed by atoms with Crippen molar-refractivity contribution in [2.75, 3.05) is 11.1 Å². The fraction of sp³-hybridized carbons (Fsp3) is 0.182. The number of rotatable bonds is 4. The van der Waals surface area contributed by atoms with Crippen LogP contribution in [0.25, 0.3) is 0 Å². The van der Waals surface area contributed by atoms with Crippen molar-refractivity contribution < 1.29 is 4.79 Å². The SMILES string of the molecule is C[C@H](Sc1n[nH]c(N)n1)C(=O)Nc1ccc(Cl)cc1Cl. The number of H-pyrrole nitrogens is 1. The van der Waals surface area contributed by atoms with Crippen LogP contribution in [-0.2, 0) is 4.79 Å². The number of hydrogen-bond acceptors (Lipinski definition) is 5. The molecule has 106 valence electrons. The van der Waals surface area contributed by atoms with Gasteiger partial charge in [0.15, 0.2) is 0 Å². The minimum Gasteiger partial charge on any atom is -0.368 e. The molecule has 1 heterocycles. The Labute approximate surface area is 129 Å². The Bertz CT molecular complexity index is 633. The van der Waals surface area contributed by atoms with Gasteiger partial charge in [0.05, 0.1) is 16.0 Å². The summed E-state index contributed by atoms with van der Waals surface area (Å²) in [6.45, 7) is 1.73. The largest absolute Gasteiger partial charge is 0.368 e. The zero-order chi connectivity index (χ0) is 14.7. The summed E-state index contributed by atoms with van der Waals surface area (Å²) in [6, 6.07) is 4.86. The highest BCUT2D eigenvalue weighted by Crippen LogP contribution is 2.27. The molecule has 2 rings (SSSR count). The number of nitrogens with one attached hydrogen (secondary N) is 2. The zero-order valence-electron chi connectivity index (χ0n) is 10.4. The van der Waals surface area contributed by atoms with E-state index in [4.69, 9.17) is 28.9 Å². The van der Waals surface area contributed by atoms with E-state index in [0.717, 1.165) is 0 Å². The summed E-state index contributed by atoms with van der Waals surface area (Å²) in [5.41, 5.74) is 5.92. The first-order valence-electron chi connectivity index (χ1n) is 5.56. The second-order valence-electron chi connectivity index (χ2n) is 3.88. The van der Waals surface area contributed by atoms with Gasteiger partial charge in [0.1, 0.15) is 0 Å². The summed E-state index contributed by atoms with van der Waals surface area (Å²) < 4.78 is 0. The van der Waals surface area contributed by atoms with Crippen LogP contribution in [0.3, 0.4) is 0 Å². The van der Waals surface area contributed by atoms with Gasteiger partial charge in [-0.3, -0.25) is 4.79 Å². The van der Waals surface area contributed by atoms with E-state index in [2.05, 4.69) is 20.5 Å². The molecule has 0 unspecified atom stereocenters. The number of nitrogens with two attached hydrogens (primary N) is 1. The van der Waals surface area contributed by atoms with Crippen LogP contribution in [-0.4, -0.2) is 26.3 Å². The van der Waals surface area contributed by atoms with Crippen LogP contribution < -0.4 is 11.1 Å². The average molecular weight is 332 g/mol. The molecule has 1 aromatic carbocycles. The van der Waals surface area contributed by atoms with Crippen molar-refractivity contribution in [3.8, 4) is 0 Å². The van der Waals surface area contributed by atoms with Crippen molar-refractivity contribution >= 4 is 52.5 Å². The minimum absolute atomic E-state index is 0.209. The molecule has 0 radical (unpaired) electrons. The lowest BCUT2D eigenvalue weighted by Crippen LogP contribution is -2.22. The highest BCUT2D eigenvalue weighted by molar-refractivity contribution is 8.00. The molecule has 0 aliphatic heterocycles. The summed E-state index contributed by atoms with van der Waals surface area (Å²) in [4.78, 5) is 16.0. The maximum Gasteiger partial charge on any atom is 0.237 e. The third kappa shape index (κ3) is 3.78. The number of anilines is 2. The summed E-state index contributed by atoms with van der Waals surface area (Å²) in [5.74, 6) is -0.0107.